The van der Waals surface area contributed by atoms with Crippen LogP contribution in [0.25, 0.3) is 11.1 Å². The molecule has 0 bridgehead atoms. The third kappa shape index (κ3) is 3.12. The van der Waals surface area contributed by atoms with Gasteiger partial charge in [0, 0.05) is 11.8 Å². The Morgan fingerprint density at radius 2 is 2.00 bits per heavy atom. The second-order valence-corrected chi connectivity index (χ2v) is 5.05. The fraction of sp³-hybridized carbons (Fsp3) is 0.188. The first-order chi connectivity index (χ1) is 11.6. The fourth-order valence-corrected chi connectivity index (χ4v) is 2.35. The molecule has 0 spiro atoms. The van der Waals surface area contributed by atoms with E-state index in [9.17, 15) is 4.39 Å². The maximum Gasteiger partial charge on any atom is 0.239 e. The zero-order valence-electron chi connectivity index (χ0n) is 13.2. The smallest absolute Gasteiger partial charge is 0.239 e. The lowest BCUT2D eigenvalue weighted by Gasteiger charge is -2.11. The summed E-state index contributed by atoms with van der Waals surface area (Å²) in [5.41, 5.74) is 7.85. The molecule has 0 radical (unpaired) electrons. The van der Waals surface area contributed by atoms with Gasteiger partial charge in [0.25, 0.3) is 0 Å². The highest BCUT2D eigenvalue weighted by Gasteiger charge is 2.12. The van der Waals surface area contributed by atoms with Crippen molar-refractivity contribution >= 4 is 5.95 Å². The molecule has 0 saturated carbocycles. The van der Waals surface area contributed by atoms with Crippen molar-refractivity contribution < 1.29 is 13.9 Å². The highest BCUT2D eigenvalue weighted by atomic mass is 19.1. The highest BCUT2D eigenvalue weighted by Crippen LogP contribution is 2.32. The number of aromatic nitrogens is 4. The molecule has 7 nitrogen and oxygen atoms in total. The molecule has 24 heavy (non-hydrogen) atoms. The lowest BCUT2D eigenvalue weighted by atomic mass is 10.0. The first kappa shape index (κ1) is 15.7. The van der Waals surface area contributed by atoms with Crippen LogP contribution in [0.4, 0.5) is 10.3 Å². The third-order valence-corrected chi connectivity index (χ3v) is 3.46. The van der Waals surface area contributed by atoms with Gasteiger partial charge in [-0.25, -0.2) is 19.0 Å². The van der Waals surface area contributed by atoms with Crippen molar-refractivity contribution in [3.63, 3.8) is 0 Å². The molecule has 0 saturated heterocycles. The molecule has 3 rings (SSSR count). The van der Waals surface area contributed by atoms with Gasteiger partial charge in [-0.1, -0.05) is 6.07 Å². The Bertz CT molecular complexity index is 865. The van der Waals surface area contributed by atoms with E-state index in [-0.39, 0.29) is 11.7 Å². The van der Waals surface area contributed by atoms with Crippen LogP contribution in [0.2, 0.25) is 0 Å². The van der Waals surface area contributed by atoms with Crippen molar-refractivity contribution in [3.05, 3.63) is 48.2 Å². The van der Waals surface area contributed by atoms with Gasteiger partial charge in [-0.15, -0.1) is 5.10 Å². The number of pyridine rings is 1. The van der Waals surface area contributed by atoms with Gasteiger partial charge >= 0.3 is 0 Å². The zero-order valence-corrected chi connectivity index (χ0v) is 13.2. The van der Waals surface area contributed by atoms with E-state index in [1.165, 1.54) is 20.3 Å². The van der Waals surface area contributed by atoms with Crippen LogP contribution >= 0.6 is 0 Å². The molecule has 0 aliphatic carbocycles. The lowest BCUT2D eigenvalue weighted by molar-refractivity contribution is 0.386. The number of methoxy groups -OCH3 is 2. The highest BCUT2D eigenvalue weighted by molar-refractivity contribution is 5.70. The predicted octanol–water partition coefficient (Wildman–Crippen LogP) is 2.13. The van der Waals surface area contributed by atoms with Crippen LogP contribution in [0.1, 0.15) is 5.56 Å². The molecule has 0 unspecified atom stereocenters. The Labute approximate surface area is 137 Å². The van der Waals surface area contributed by atoms with Crippen LogP contribution in [0.15, 0.2) is 36.8 Å². The second-order valence-electron chi connectivity index (χ2n) is 5.05. The minimum Gasteiger partial charge on any atom is -0.494 e. The molecule has 0 atom stereocenters. The predicted molar refractivity (Wildman–Crippen MR) is 86.3 cm³/mol. The van der Waals surface area contributed by atoms with Crippen molar-refractivity contribution in [3.8, 4) is 22.8 Å². The minimum atomic E-state index is -0.428. The summed E-state index contributed by atoms with van der Waals surface area (Å²) >= 11 is 0. The molecule has 1 aromatic carbocycles. The number of hydrogen-bond acceptors (Lipinski definition) is 6. The Morgan fingerprint density at radius 1 is 1.17 bits per heavy atom. The minimum absolute atomic E-state index is 0.156. The number of nitrogen functional groups attached to an aromatic ring is 1. The van der Waals surface area contributed by atoms with Gasteiger partial charge < -0.3 is 15.2 Å². The summed E-state index contributed by atoms with van der Waals surface area (Å²) < 4.78 is 25.6. The first-order valence-electron chi connectivity index (χ1n) is 7.12. The van der Waals surface area contributed by atoms with Crippen LogP contribution in [0, 0.1) is 5.82 Å². The Hall–Kier alpha value is -3.16. The van der Waals surface area contributed by atoms with Crippen LogP contribution < -0.4 is 15.2 Å². The standard InChI is InChI=1S/C16H16FN5O2/c1-23-14-6-11(3-4-13(14)17)12-5-10(7-19-15(12)24-2)8-22-9-20-16(18)21-22/h3-7,9H,8H2,1-2H3,(H2,18,21). The molecule has 2 aromatic heterocycles. The molecule has 2 N–H and O–H groups in total. The third-order valence-electron chi connectivity index (χ3n) is 3.46. The van der Waals surface area contributed by atoms with Gasteiger partial charge in [0.1, 0.15) is 6.33 Å². The maximum atomic E-state index is 13.6. The Morgan fingerprint density at radius 3 is 2.67 bits per heavy atom. The maximum absolute atomic E-state index is 13.6. The Kier molecular flexibility index (Phi) is 4.28. The normalized spacial score (nSPS) is 10.6. The summed E-state index contributed by atoms with van der Waals surface area (Å²) in [5, 5.41) is 4.04. The van der Waals surface area contributed by atoms with Gasteiger partial charge in [0.05, 0.1) is 20.8 Å². The van der Waals surface area contributed by atoms with E-state index < -0.39 is 5.82 Å². The summed E-state index contributed by atoms with van der Waals surface area (Å²) in [7, 11) is 2.95. The van der Waals surface area contributed by atoms with Crippen molar-refractivity contribution in [2.24, 2.45) is 0 Å². The quantitative estimate of drug-likeness (QED) is 0.771. The molecule has 0 fully saturated rings. The SMILES string of the molecule is COc1cc(-c2cc(Cn3cnc(N)n3)cnc2OC)ccc1F. The van der Waals surface area contributed by atoms with E-state index in [2.05, 4.69) is 15.1 Å². The fourth-order valence-electron chi connectivity index (χ4n) is 2.35. The monoisotopic (exact) mass is 329 g/mol. The van der Waals surface area contributed by atoms with Gasteiger partial charge in [-0.05, 0) is 29.3 Å². The van der Waals surface area contributed by atoms with Crippen LogP contribution in [0.5, 0.6) is 11.6 Å². The van der Waals surface area contributed by atoms with Crippen molar-refractivity contribution in [1.29, 1.82) is 0 Å². The van der Waals surface area contributed by atoms with E-state index in [4.69, 9.17) is 15.2 Å². The number of hydrogen-bond donors (Lipinski definition) is 1. The van der Waals surface area contributed by atoms with E-state index in [0.29, 0.717) is 12.4 Å². The number of ether oxygens (including phenoxy) is 2. The molecule has 0 aliphatic heterocycles. The number of rotatable bonds is 5. The van der Waals surface area contributed by atoms with Crippen LogP contribution in [-0.2, 0) is 6.54 Å². The van der Waals surface area contributed by atoms with Gasteiger partial charge in [-0.3, -0.25) is 0 Å². The van der Waals surface area contributed by atoms with E-state index in [0.717, 1.165) is 16.7 Å². The van der Waals surface area contributed by atoms with Gasteiger partial charge in [-0.2, -0.15) is 0 Å². The van der Waals surface area contributed by atoms with E-state index in [1.807, 2.05) is 6.07 Å². The second kappa shape index (κ2) is 6.53. The number of halogens is 1. The summed E-state index contributed by atoms with van der Waals surface area (Å²) in [5.74, 6) is 0.372. The number of benzene rings is 1. The molecule has 0 aliphatic rings. The van der Waals surface area contributed by atoms with Crippen molar-refractivity contribution in [2.45, 2.75) is 6.54 Å². The first-order valence-corrected chi connectivity index (χ1v) is 7.12. The molecule has 2 heterocycles. The number of nitrogens with zero attached hydrogens (tertiary/aromatic N) is 4. The van der Waals surface area contributed by atoms with E-state index >= 15 is 0 Å². The summed E-state index contributed by atoms with van der Waals surface area (Å²) in [4.78, 5) is 8.19. The molecule has 124 valence electrons. The lowest BCUT2D eigenvalue weighted by Crippen LogP contribution is -2.03. The summed E-state index contributed by atoms with van der Waals surface area (Å²) in [6, 6.07) is 6.50. The van der Waals surface area contributed by atoms with Crippen molar-refractivity contribution in [2.75, 3.05) is 20.0 Å². The van der Waals surface area contributed by atoms with Crippen LogP contribution in [-0.4, -0.2) is 34.0 Å². The van der Waals surface area contributed by atoms with Gasteiger partial charge in [0.15, 0.2) is 11.6 Å². The largest absolute Gasteiger partial charge is 0.494 e. The zero-order chi connectivity index (χ0) is 17.1. The average molecular weight is 329 g/mol. The van der Waals surface area contributed by atoms with Crippen LogP contribution in [0.3, 0.4) is 0 Å². The molecular weight excluding hydrogens is 313 g/mol. The molecular formula is C16H16FN5O2. The van der Waals surface area contributed by atoms with Gasteiger partial charge in [0.2, 0.25) is 11.8 Å². The summed E-state index contributed by atoms with van der Waals surface area (Å²) in [6.07, 6.45) is 3.22. The number of anilines is 1. The molecule has 8 heteroatoms. The Balaban J connectivity index is 2.00. The number of nitrogens with two attached hydrogens (primary N) is 1. The van der Waals surface area contributed by atoms with Crippen molar-refractivity contribution in [1.82, 2.24) is 19.7 Å². The summed E-state index contributed by atoms with van der Waals surface area (Å²) in [6.45, 7) is 0.451. The topological polar surface area (TPSA) is 88.1 Å². The average Bonchev–Trinajstić information content (AvgIpc) is 3.00. The van der Waals surface area contributed by atoms with E-state index in [1.54, 1.807) is 29.3 Å². The molecule has 0 amide bonds. The molecule has 3 aromatic rings.